The predicted octanol–water partition coefficient (Wildman–Crippen LogP) is 5.08. The number of allylic oxidation sites excluding steroid dienone is 3. The van der Waals surface area contributed by atoms with Crippen molar-refractivity contribution in [2.75, 3.05) is 16.9 Å². The van der Waals surface area contributed by atoms with Gasteiger partial charge in [-0.05, 0) is 73.7 Å². The standard InChI is InChI=1S/C37H32N2O8/c1-37-27(15-11-20-12-16-29(40)30(17-20)47-2)24-13-14-25-31(34(43)38(32(25)41)23-10-6-7-21(18-23)35(44)45)26(24)19-28(37)33(42)39(36(37)46)22-8-4-3-5-9-22/h3-13,15-18,25-28,31,40H,14,19H2,1-2H3,(H,44,45). The van der Waals surface area contributed by atoms with Gasteiger partial charge >= 0.3 is 5.97 Å². The van der Waals surface area contributed by atoms with E-state index in [0.29, 0.717) is 11.3 Å². The Morgan fingerprint density at radius 3 is 2.36 bits per heavy atom. The molecule has 6 unspecified atom stereocenters. The number of hydrogen-bond acceptors (Lipinski definition) is 7. The fraction of sp³-hybridized carbons (Fsp3) is 0.270. The van der Waals surface area contributed by atoms with Crippen LogP contribution in [0.5, 0.6) is 11.5 Å². The van der Waals surface area contributed by atoms with Crippen LogP contribution in [0, 0.1) is 35.0 Å². The number of phenols is 1. The molecule has 2 aliphatic carbocycles. The molecule has 0 aromatic heterocycles. The van der Waals surface area contributed by atoms with Gasteiger partial charge in [0.1, 0.15) is 0 Å². The quantitative estimate of drug-likeness (QED) is 0.283. The fourth-order valence-corrected chi connectivity index (χ4v) is 8.08. The van der Waals surface area contributed by atoms with Crippen LogP contribution in [-0.2, 0) is 19.2 Å². The molecule has 3 fully saturated rings. The number of carboxylic acid groups (broad SMARTS) is 1. The highest BCUT2D eigenvalue weighted by Gasteiger charge is 2.66. The number of amides is 4. The van der Waals surface area contributed by atoms with Crippen molar-refractivity contribution in [3.63, 3.8) is 0 Å². The fourth-order valence-electron chi connectivity index (χ4n) is 8.08. The van der Waals surface area contributed by atoms with Crippen LogP contribution < -0.4 is 14.5 Å². The maximum absolute atomic E-state index is 14.4. The molecule has 4 aliphatic rings. The van der Waals surface area contributed by atoms with E-state index in [0.717, 1.165) is 10.5 Å². The number of carboxylic acids is 1. The zero-order valence-electron chi connectivity index (χ0n) is 25.7. The minimum atomic E-state index is -1.18. The van der Waals surface area contributed by atoms with Gasteiger partial charge in [0.2, 0.25) is 23.6 Å². The van der Waals surface area contributed by atoms with Crippen molar-refractivity contribution >= 4 is 47.0 Å². The van der Waals surface area contributed by atoms with Gasteiger partial charge in [-0.1, -0.05) is 54.1 Å². The highest BCUT2D eigenvalue weighted by molar-refractivity contribution is 6.25. The maximum atomic E-state index is 14.4. The van der Waals surface area contributed by atoms with E-state index in [1.165, 1.54) is 36.3 Å². The molecule has 0 bridgehead atoms. The molecule has 10 nitrogen and oxygen atoms in total. The first-order chi connectivity index (χ1) is 22.6. The van der Waals surface area contributed by atoms with E-state index in [9.17, 15) is 34.2 Å². The van der Waals surface area contributed by atoms with Crippen LogP contribution in [-0.4, -0.2) is 46.9 Å². The molecule has 0 spiro atoms. The SMILES string of the molecule is COc1cc(C=CC2C3=CCC4C(=O)N(c5cccc(C(=O)O)c5)C(=O)C4C3CC3C(=O)N(c4ccccc4)C(=O)C23C)ccc1O. The molecule has 3 aromatic rings. The smallest absolute Gasteiger partial charge is 0.335 e. The summed E-state index contributed by atoms with van der Waals surface area (Å²) < 4.78 is 5.28. The Morgan fingerprint density at radius 2 is 1.64 bits per heavy atom. The number of aromatic carboxylic acids is 1. The summed E-state index contributed by atoms with van der Waals surface area (Å²) in [5, 5.41) is 19.6. The first-order valence-electron chi connectivity index (χ1n) is 15.5. The topological polar surface area (TPSA) is 142 Å². The Balaban J connectivity index is 1.32. The summed E-state index contributed by atoms with van der Waals surface area (Å²) in [6, 6.07) is 19.4. The third-order valence-electron chi connectivity index (χ3n) is 10.4. The second-order valence-corrected chi connectivity index (χ2v) is 12.7. The number of phenolic OH excluding ortho intramolecular Hbond substituents is 1. The second-order valence-electron chi connectivity index (χ2n) is 12.7. The molecule has 7 rings (SSSR count). The Labute approximate surface area is 270 Å². The second kappa shape index (κ2) is 11.1. The van der Waals surface area contributed by atoms with Gasteiger partial charge in [0.05, 0.1) is 47.2 Å². The Morgan fingerprint density at radius 1 is 0.894 bits per heavy atom. The highest BCUT2D eigenvalue weighted by atomic mass is 16.5. The van der Waals surface area contributed by atoms with Crippen molar-refractivity contribution in [3.8, 4) is 11.5 Å². The number of para-hydroxylation sites is 1. The lowest BCUT2D eigenvalue weighted by atomic mass is 9.52. The third-order valence-corrected chi connectivity index (χ3v) is 10.4. The molecule has 10 heteroatoms. The first kappa shape index (κ1) is 30.2. The largest absolute Gasteiger partial charge is 0.504 e. The van der Waals surface area contributed by atoms with E-state index in [2.05, 4.69) is 0 Å². The number of carbonyl (C=O) groups excluding carboxylic acids is 4. The Kier molecular flexibility index (Phi) is 7.11. The van der Waals surface area contributed by atoms with Crippen LogP contribution in [0.2, 0.25) is 0 Å². The van der Waals surface area contributed by atoms with Crippen LogP contribution in [0.25, 0.3) is 6.08 Å². The molecule has 6 atom stereocenters. The van der Waals surface area contributed by atoms with Gasteiger partial charge < -0.3 is 14.9 Å². The molecule has 2 N–H and O–H groups in total. The van der Waals surface area contributed by atoms with E-state index in [1.807, 2.05) is 25.2 Å². The van der Waals surface area contributed by atoms with Crippen molar-refractivity contribution in [1.29, 1.82) is 0 Å². The molecule has 3 aromatic carbocycles. The van der Waals surface area contributed by atoms with Gasteiger partial charge in [-0.3, -0.25) is 24.1 Å². The number of fused-ring (bicyclic) bond motifs is 4. The molecule has 2 heterocycles. The van der Waals surface area contributed by atoms with Crippen LogP contribution in [0.3, 0.4) is 0 Å². The van der Waals surface area contributed by atoms with Crippen LogP contribution in [0.4, 0.5) is 11.4 Å². The summed E-state index contributed by atoms with van der Waals surface area (Å²) in [4.78, 5) is 70.6. The number of rotatable bonds is 6. The Hall–Kier alpha value is -5.51. The predicted molar refractivity (Wildman–Crippen MR) is 171 cm³/mol. The normalized spacial score (nSPS) is 28.3. The summed E-state index contributed by atoms with van der Waals surface area (Å²) in [6.07, 6.45) is 6.12. The number of benzene rings is 3. The zero-order valence-corrected chi connectivity index (χ0v) is 25.7. The molecule has 47 heavy (non-hydrogen) atoms. The first-order valence-corrected chi connectivity index (χ1v) is 15.5. The minimum Gasteiger partial charge on any atom is -0.504 e. The summed E-state index contributed by atoms with van der Waals surface area (Å²) in [7, 11) is 1.45. The number of ether oxygens (including phenoxy) is 1. The third kappa shape index (κ3) is 4.50. The summed E-state index contributed by atoms with van der Waals surface area (Å²) >= 11 is 0. The van der Waals surface area contributed by atoms with Gasteiger partial charge in [0.25, 0.3) is 0 Å². The average molecular weight is 633 g/mol. The number of methoxy groups -OCH3 is 1. The number of anilines is 2. The average Bonchev–Trinajstić information content (AvgIpc) is 3.44. The summed E-state index contributed by atoms with van der Waals surface area (Å²) in [6.45, 7) is 1.81. The molecular weight excluding hydrogens is 600 g/mol. The number of nitrogens with zero attached hydrogens (tertiary/aromatic N) is 2. The van der Waals surface area contributed by atoms with Crippen molar-refractivity contribution in [1.82, 2.24) is 0 Å². The number of hydrogen-bond donors (Lipinski definition) is 2. The molecule has 2 aliphatic heterocycles. The van der Waals surface area contributed by atoms with Crippen molar-refractivity contribution < 1.29 is 38.9 Å². The van der Waals surface area contributed by atoms with E-state index >= 15 is 0 Å². The molecule has 1 saturated carbocycles. The van der Waals surface area contributed by atoms with Gasteiger partial charge in [-0.2, -0.15) is 0 Å². The van der Waals surface area contributed by atoms with Gasteiger partial charge in [-0.15, -0.1) is 0 Å². The maximum Gasteiger partial charge on any atom is 0.335 e. The number of imide groups is 2. The van der Waals surface area contributed by atoms with Crippen LogP contribution in [0.15, 0.2) is 90.5 Å². The minimum absolute atomic E-state index is 0.0200. The van der Waals surface area contributed by atoms with E-state index in [4.69, 9.17) is 4.74 Å². The Bertz CT molecular complexity index is 1920. The summed E-state index contributed by atoms with van der Waals surface area (Å²) in [5.74, 6) is -5.78. The molecule has 238 valence electrons. The molecule has 2 saturated heterocycles. The van der Waals surface area contributed by atoms with E-state index in [1.54, 1.807) is 48.5 Å². The van der Waals surface area contributed by atoms with E-state index < -0.39 is 52.8 Å². The summed E-state index contributed by atoms with van der Waals surface area (Å²) in [5.41, 5.74) is 0.958. The van der Waals surface area contributed by atoms with Crippen LogP contribution >= 0.6 is 0 Å². The van der Waals surface area contributed by atoms with Gasteiger partial charge in [0, 0.05) is 5.92 Å². The van der Waals surface area contributed by atoms with Gasteiger partial charge in [0.15, 0.2) is 11.5 Å². The van der Waals surface area contributed by atoms with Gasteiger partial charge in [-0.25, -0.2) is 9.69 Å². The monoisotopic (exact) mass is 632 g/mol. The molecule has 0 radical (unpaired) electrons. The van der Waals surface area contributed by atoms with Crippen molar-refractivity contribution in [2.24, 2.45) is 35.0 Å². The van der Waals surface area contributed by atoms with Crippen molar-refractivity contribution in [3.05, 3.63) is 102 Å². The molecular formula is C37H32N2O8. The number of carbonyl (C=O) groups is 5. The van der Waals surface area contributed by atoms with E-state index in [-0.39, 0.29) is 47.4 Å². The molecule has 4 amide bonds. The lowest BCUT2D eigenvalue weighted by molar-refractivity contribution is -0.132. The highest BCUT2D eigenvalue weighted by Crippen LogP contribution is 2.61. The lowest BCUT2D eigenvalue weighted by Gasteiger charge is -2.47. The lowest BCUT2D eigenvalue weighted by Crippen LogP contribution is -2.49. The van der Waals surface area contributed by atoms with Crippen molar-refractivity contribution in [2.45, 2.75) is 19.8 Å². The van der Waals surface area contributed by atoms with Crippen LogP contribution in [0.1, 0.15) is 35.7 Å². The number of aromatic hydroxyl groups is 1. The zero-order chi connectivity index (χ0) is 33.2.